The van der Waals surface area contributed by atoms with E-state index >= 15 is 0 Å². The van der Waals surface area contributed by atoms with E-state index in [-0.39, 0.29) is 0 Å². The molecule has 2 aromatic carbocycles. The fourth-order valence-electron chi connectivity index (χ4n) is 1.99. The number of hydrogen-bond donors (Lipinski definition) is 0. The highest BCUT2D eigenvalue weighted by Crippen LogP contribution is 2.31. The van der Waals surface area contributed by atoms with Gasteiger partial charge < -0.3 is 0 Å². The third-order valence-electron chi connectivity index (χ3n) is 2.94. The van der Waals surface area contributed by atoms with Crippen molar-refractivity contribution in [1.29, 1.82) is 0 Å². The fraction of sp³-hybridized carbons (Fsp3) is 0.0667. The van der Waals surface area contributed by atoms with E-state index in [0.717, 1.165) is 22.5 Å². The summed E-state index contributed by atoms with van der Waals surface area (Å²) < 4.78 is 8.89. The first kappa shape index (κ1) is 11.1. The normalized spacial score (nSPS) is 10.5. The van der Waals surface area contributed by atoms with E-state index < -0.39 is 0 Å². The molecule has 0 aliphatic rings. The number of hydrogen-bond acceptors (Lipinski definition) is 3. The Balaban J connectivity index is 2.16. The fourth-order valence-corrected chi connectivity index (χ4v) is 2.57. The van der Waals surface area contributed by atoms with E-state index in [1.54, 1.807) is 0 Å². The molecule has 0 saturated carbocycles. The summed E-state index contributed by atoms with van der Waals surface area (Å²) in [6.07, 6.45) is 0. The minimum absolute atomic E-state index is 0.968. The van der Waals surface area contributed by atoms with Crippen LogP contribution < -0.4 is 0 Å². The molecule has 18 heavy (non-hydrogen) atoms. The zero-order valence-electron chi connectivity index (χ0n) is 10.00. The van der Waals surface area contributed by atoms with Crippen LogP contribution in [0.15, 0.2) is 54.6 Å². The number of rotatable bonds is 2. The Labute approximate surface area is 110 Å². The summed E-state index contributed by atoms with van der Waals surface area (Å²) >= 11 is 1.26. The third-order valence-corrected chi connectivity index (χ3v) is 3.46. The Bertz CT molecular complexity index is 659. The van der Waals surface area contributed by atoms with Crippen molar-refractivity contribution in [3.63, 3.8) is 0 Å². The maximum absolute atomic E-state index is 4.45. The quantitative estimate of drug-likeness (QED) is 0.683. The first-order chi connectivity index (χ1) is 8.86. The van der Waals surface area contributed by atoms with Crippen molar-refractivity contribution < 1.29 is 0 Å². The van der Waals surface area contributed by atoms with Crippen molar-refractivity contribution in [3.05, 3.63) is 60.2 Å². The molecular weight excluding hydrogens is 240 g/mol. The van der Waals surface area contributed by atoms with E-state index in [1.807, 2.05) is 30.3 Å². The lowest BCUT2D eigenvalue weighted by Gasteiger charge is -2.04. The number of aromatic nitrogens is 2. The lowest BCUT2D eigenvalue weighted by molar-refractivity contribution is 1.41. The first-order valence-electron chi connectivity index (χ1n) is 5.80. The summed E-state index contributed by atoms with van der Waals surface area (Å²) in [6.45, 7) is 2.10. The minimum Gasteiger partial charge on any atom is -0.172 e. The molecule has 3 aromatic rings. The van der Waals surface area contributed by atoms with Gasteiger partial charge in [0.15, 0.2) is 0 Å². The molecule has 3 heteroatoms. The topological polar surface area (TPSA) is 25.8 Å². The lowest BCUT2D eigenvalue weighted by Crippen LogP contribution is -1.86. The van der Waals surface area contributed by atoms with Crippen LogP contribution in [-0.2, 0) is 0 Å². The SMILES string of the molecule is Cc1ccccc1-c1nsnc1-c1ccccc1. The highest BCUT2D eigenvalue weighted by molar-refractivity contribution is 6.99. The number of benzene rings is 2. The van der Waals surface area contributed by atoms with Crippen LogP contribution >= 0.6 is 11.7 Å². The molecule has 0 radical (unpaired) electrons. The van der Waals surface area contributed by atoms with Crippen molar-refractivity contribution in [2.45, 2.75) is 6.92 Å². The molecule has 0 aliphatic heterocycles. The van der Waals surface area contributed by atoms with Gasteiger partial charge in [0.2, 0.25) is 0 Å². The smallest absolute Gasteiger partial charge is 0.112 e. The van der Waals surface area contributed by atoms with Gasteiger partial charge in [0.05, 0.1) is 11.7 Å². The molecule has 2 nitrogen and oxygen atoms in total. The van der Waals surface area contributed by atoms with E-state index in [0.29, 0.717) is 0 Å². The van der Waals surface area contributed by atoms with Gasteiger partial charge in [-0.3, -0.25) is 0 Å². The van der Waals surface area contributed by atoms with Gasteiger partial charge in [-0.05, 0) is 12.5 Å². The Kier molecular flexibility index (Phi) is 2.90. The Morgan fingerprint density at radius 1 is 0.778 bits per heavy atom. The van der Waals surface area contributed by atoms with Crippen LogP contribution in [0.2, 0.25) is 0 Å². The second-order valence-electron chi connectivity index (χ2n) is 4.14. The van der Waals surface area contributed by atoms with Crippen LogP contribution in [0, 0.1) is 6.92 Å². The van der Waals surface area contributed by atoms with Gasteiger partial charge in [-0.2, -0.15) is 8.75 Å². The molecule has 0 fully saturated rings. The van der Waals surface area contributed by atoms with Crippen LogP contribution in [0.5, 0.6) is 0 Å². The van der Waals surface area contributed by atoms with E-state index in [4.69, 9.17) is 0 Å². The van der Waals surface area contributed by atoms with Crippen LogP contribution in [0.3, 0.4) is 0 Å². The zero-order valence-corrected chi connectivity index (χ0v) is 10.8. The molecule has 88 valence electrons. The average Bonchev–Trinajstić information content (AvgIpc) is 2.89. The molecule has 1 aromatic heterocycles. The minimum atomic E-state index is 0.968. The van der Waals surface area contributed by atoms with Crippen LogP contribution in [0.4, 0.5) is 0 Å². The molecular formula is C15H12N2S. The standard InChI is InChI=1S/C15H12N2S/c1-11-7-5-6-10-13(11)15-14(16-18-17-15)12-8-3-2-4-9-12/h2-10H,1H3. The van der Waals surface area contributed by atoms with Gasteiger partial charge in [-0.1, -0.05) is 54.6 Å². The monoisotopic (exact) mass is 252 g/mol. The number of aryl methyl sites for hydroxylation is 1. The second kappa shape index (κ2) is 4.70. The van der Waals surface area contributed by atoms with E-state index in [2.05, 4.69) is 39.9 Å². The van der Waals surface area contributed by atoms with Gasteiger partial charge in [0, 0.05) is 11.1 Å². The maximum Gasteiger partial charge on any atom is 0.112 e. The maximum atomic E-state index is 4.45. The van der Waals surface area contributed by atoms with Crippen LogP contribution in [0.1, 0.15) is 5.56 Å². The molecule has 0 atom stereocenters. The first-order valence-corrected chi connectivity index (χ1v) is 6.53. The van der Waals surface area contributed by atoms with Crippen molar-refractivity contribution >= 4 is 11.7 Å². The molecule has 3 rings (SSSR count). The van der Waals surface area contributed by atoms with Crippen molar-refractivity contribution in [1.82, 2.24) is 8.75 Å². The van der Waals surface area contributed by atoms with Crippen molar-refractivity contribution in [3.8, 4) is 22.5 Å². The molecule has 0 aliphatic carbocycles. The summed E-state index contributed by atoms with van der Waals surface area (Å²) in [7, 11) is 0. The summed E-state index contributed by atoms with van der Waals surface area (Å²) in [5, 5.41) is 0. The lowest BCUT2D eigenvalue weighted by atomic mass is 10.0. The summed E-state index contributed by atoms with van der Waals surface area (Å²) in [5.41, 5.74) is 5.44. The molecule has 0 spiro atoms. The highest BCUT2D eigenvalue weighted by atomic mass is 32.1. The van der Waals surface area contributed by atoms with Crippen molar-refractivity contribution in [2.24, 2.45) is 0 Å². The largest absolute Gasteiger partial charge is 0.172 e. The Hall–Kier alpha value is -2.00. The molecule has 0 unspecified atom stereocenters. The van der Waals surface area contributed by atoms with Gasteiger partial charge in [0.1, 0.15) is 11.4 Å². The van der Waals surface area contributed by atoms with Crippen LogP contribution in [0.25, 0.3) is 22.5 Å². The molecule has 0 bridgehead atoms. The third kappa shape index (κ3) is 1.93. The Morgan fingerprint density at radius 3 is 2.22 bits per heavy atom. The van der Waals surface area contributed by atoms with Crippen LogP contribution in [-0.4, -0.2) is 8.75 Å². The molecule has 0 N–H and O–H groups in total. The highest BCUT2D eigenvalue weighted by Gasteiger charge is 2.13. The van der Waals surface area contributed by atoms with Crippen molar-refractivity contribution in [2.75, 3.05) is 0 Å². The van der Waals surface area contributed by atoms with Gasteiger partial charge >= 0.3 is 0 Å². The molecule has 0 saturated heterocycles. The van der Waals surface area contributed by atoms with E-state index in [9.17, 15) is 0 Å². The van der Waals surface area contributed by atoms with Gasteiger partial charge in [0.25, 0.3) is 0 Å². The Morgan fingerprint density at radius 2 is 1.44 bits per heavy atom. The summed E-state index contributed by atoms with van der Waals surface area (Å²) in [4.78, 5) is 0. The zero-order chi connectivity index (χ0) is 12.4. The average molecular weight is 252 g/mol. The van der Waals surface area contributed by atoms with Gasteiger partial charge in [-0.15, -0.1) is 0 Å². The number of nitrogens with zero attached hydrogens (tertiary/aromatic N) is 2. The molecule has 1 heterocycles. The summed E-state index contributed by atoms with van der Waals surface area (Å²) in [5.74, 6) is 0. The predicted molar refractivity (Wildman–Crippen MR) is 75.5 cm³/mol. The predicted octanol–water partition coefficient (Wildman–Crippen LogP) is 4.18. The molecule has 0 amide bonds. The van der Waals surface area contributed by atoms with E-state index in [1.165, 1.54) is 17.3 Å². The second-order valence-corrected chi connectivity index (χ2v) is 4.67. The summed E-state index contributed by atoms with van der Waals surface area (Å²) in [6, 6.07) is 18.5. The van der Waals surface area contributed by atoms with Gasteiger partial charge in [-0.25, -0.2) is 0 Å².